The lowest BCUT2D eigenvalue weighted by molar-refractivity contribution is -0.114. The summed E-state index contributed by atoms with van der Waals surface area (Å²) in [5, 5.41) is 2.77. The maximum absolute atomic E-state index is 11.4. The van der Waals surface area contributed by atoms with E-state index in [1.165, 1.54) is 6.34 Å². The first-order valence-corrected chi connectivity index (χ1v) is 4.66. The van der Waals surface area contributed by atoms with E-state index in [4.69, 9.17) is 0 Å². The summed E-state index contributed by atoms with van der Waals surface area (Å²) in [6, 6.07) is 0. The van der Waals surface area contributed by atoms with E-state index in [1.54, 1.807) is 12.5 Å². The average molecular weight is 205 g/mol. The van der Waals surface area contributed by atoms with Crippen LogP contribution in [0.4, 0.5) is 0 Å². The molecule has 2 N–H and O–H groups in total. The zero-order chi connectivity index (χ0) is 10.5. The van der Waals surface area contributed by atoms with Crippen molar-refractivity contribution in [2.75, 3.05) is 13.1 Å². The molecule has 78 valence electrons. The fourth-order valence-electron chi connectivity index (χ4n) is 1.24. The molecule has 2 heterocycles. The summed E-state index contributed by atoms with van der Waals surface area (Å²) in [5.41, 5.74) is 1.47. The number of rotatable bonds is 4. The summed E-state index contributed by atoms with van der Waals surface area (Å²) in [6.45, 7) is 0.954. The first-order valence-electron chi connectivity index (χ1n) is 4.66. The highest BCUT2D eigenvalue weighted by Gasteiger charge is 2.11. The summed E-state index contributed by atoms with van der Waals surface area (Å²) in [5.74, 6) is -0.146. The lowest BCUT2D eigenvalue weighted by Crippen LogP contribution is -2.33. The van der Waals surface area contributed by atoms with Gasteiger partial charge < -0.3 is 10.3 Å². The Labute approximate surface area is 86.5 Å². The Balaban J connectivity index is 1.72. The molecular weight excluding hydrogens is 194 g/mol. The Morgan fingerprint density at radius 2 is 2.53 bits per heavy atom. The number of carbonyl (C=O) groups is 1. The van der Waals surface area contributed by atoms with E-state index in [-0.39, 0.29) is 5.91 Å². The first kappa shape index (κ1) is 9.57. The number of aromatic amines is 1. The van der Waals surface area contributed by atoms with Crippen molar-refractivity contribution in [1.82, 2.24) is 15.3 Å². The second-order valence-corrected chi connectivity index (χ2v) is 3.11. The molecule has 6 nitrogen and oxygen atoms in total. The van der Waals surface area contributed by atoms with Crippen LogP contribution in [0.3, 0.4) is 0 Å². The van der Waals surface area contributed by atoms with Gasteiger partial charge in [-0.3, -0.25) is 9.79 Å². The van der Waals surface area contributed by atoms with E-state index >= 15 is 0 Å². The smallest absolute Gasteiger partial charge is 0.267 e. The molecule has 0 fully saturated rings. The van der Waals surface area contributed by atoms with Gasteiger partial charge in [0, 0.05) is 24.9 Å². The van der Waals surface area contributed by atoms with Crippen molar-refractivity contribution in [2.45, 2.75) is 6.42 Å². The Bertz CT molecular complexity index is 393. The van der Waals surface area contributed by atoms with Crippen molar-refractivity contribution in [3.8, 4) is 0 Å². The maximum atomic E-state index is 11.4. The maximum Gasteiger partial charge on any atom is 0.267 e. The van der Waals surface area contributed by atoms with Crippen LogP contribution in [0.15, 0.2) is 22.5 Å². The van der Waals surface area contributed by atoms with Gasteiger partial charge in [-0.15, -0.1) is 0 Å². The third-order valence-corrected chi connectivity index (χ3v) is 2.03. The standard InChI is InChI=1S/C9H11N5O/c15-9(8-4-11-6-14-8)12-2-1-7-3-10-5-13-7/h3,5-6H,1-2,4H2,(H,10,13)(H,12,15). The molecule has 1 aliphatic rings. The molecular formula is C9H11N5O. The summed E-state index contributed by atoms with van der Waals surface area (Å²) in [7, 11) is 0. The van der Waals surface area contributed by atoms with Crippen molar-refractivity contribution in [2.24, 2.45) is 9.98 Å². The van der Waals surface area contributed by atoms with Gasteiger partial charge in [-0.1, -0.05) is 0 Å². The van der Waals surface area contributed by atoms with Crippen LogP contribution in [0.1, 0.15) is 5.69 Å². The van der Waals surface area contributed by atoms with Crippen LogP contribution < -0.4 is 5.32 Å². The van der Waals surface area contributed by atoms with E-state index < -0.39 is 0 Å². The third kappa shape index (κ3) is 2.49. The minimum atomic E-state index is -0.146. The fourth-order valence-corrected chi connectivity index (χ4v) is 1.24. The van der Waals surface area contributed by atoms with Gasteiger partial charge in [0.15, 0.2) is 0 Å². The van der Waals surface area contributed by atoms with Crippen LogP contribution in [0.2, 0.25) is 0 Å². The Hall–Kier alpha value is -1.98. The second kappa shape index (κ2) is 4.50. The monoisotopic (exact) mass is 205 g/mol. The molecule has 1 aromatic rings. The highest BCUT2D eigenvalue weighted by molar-refractivity contribution is 6.41. The predicted octanol–water partition coefficient (Wildman–Crippen LogP) is -0.449. The van der Waals surface area contributed by atoms with E-state index in [0.29, 0.717) is 18.8 Å². The zero-order valence-electron chi connectivity index (χ0n) is 8.10. The highest BCUT2D eigenvalue weighted by Crippen LogP contribution is 1.92. The number of carbonyl (C=O) groups excluding carboxylic acids is 1. The third-order valence-electron chi connectivity index (χ3n) is 2.03. The lowest BCUT2D eigenvalue weighted by Gasteiger charge is -2.02. The molecule has 0 bridgehead atoms. The minimum Gasteiger partial charge on any atom is -0.351 e. The van der Waals surface area contributed by atoms with Gasteiger partial charge in [0.05, 0.1) is 12.9 Å². The summed E-state index contributed by atoms with van der Waals surface area (Å²) in [4.78, 5) is 26.0. The highest BCUT2D eigenvalue weighted by atomic mass is 16.1. The minimum absolute atomic E-state index is 0.146. The molecule has 1 amide bonds. The lowest BCUT2D eigenvalue weighted by atomic mass is 10.3. The van der Waals surface area contributed by atoms with Crippen molar-refractivity contribution in [3.05, 3.63) is 18.2 Å². The number of hydrogen-bond acceptors (Lipinski definition) is 4. The van der Waals surface area contributed by atoms with Gasteiger partial charge in [-0.05, 0) is 0 Å². The van der Waals surface area contributed by atoms with Crippen molar-refractivity contribution < 1.29 is 4.79 Å². The number of H-pyrrole nitrogens is 1. The SMILES string of the molecule is O=C(NCCc1cnc[nH]1)C1=NC=NC1. The molecule has 0 saturated heterocycles. The van der Waals surface area contributed by atoms with Gasteiger partial charge in [-0.2, -0.15) is 0 Å². The Morgan fingerprint density at radius 3 is 3.20 bits per heavy atom. The molecule has 0 saturated carbocycles. The number of amides is 1. The van der Waals surface area contributed by atoms with Crippen LogP contribution in [-0.2, 0) is 11.2 Å². The summed E-state index contributed by atoms with van der Waals surface area (Å²) in [6.07, 6.45) is 5.50. The summed E-state index contributed by atoms with van der Waals surface area (Å²) < 4.78 is 0. The topological polar surface area (TPSA) is 82.5 Å². The number of aliphatic imine (C=N–C) groups is 2. The fraction of sp³-hybridized carbons (Fsp3) is 0.333. The van der Waals surface area contributed by atoms with Gasteiger partial charge in [-0.25, -0.2) is 9.98 Å². The van der Waals surface area contributed by atoms with E-state index in [1.807, 2.05) is 0 Å². The normalized spacial score (nSPS) is 14.0. The first-order chi connectivity index (χ1) is 7.36. The number of imidazole rings is 1. The van der Waals surface area contributed by atoms with Crippen LogP contribution in [0, 0.1) is 0 Å². The van der Waals surface area contributed by atoms with Crippen LogP contribution >= 0.6 is 0 Å². The number of nitrogens with one attached hydrogen (secondary N) is 2. The molecule has 0 unspecified atom stereocenters. The number of aromatic nitrogens is 2. The number of hydrogen-bond donors (Lipinski definition) is 2. The van der Waals surface area contributed by atoms with Gasteiger partial charge in [0.25, 0.3) is 5.91 Å². The Morgan fingerprint density at radius 1 is 1.60 bits per heavy atom. The molecule has 0 radical (unpaired) electrons. The number of nitrogens with zero attached hydrogens (tertiary/aromatic N) is 3. The van der Waals surface area contributed by atoms with Gasteiger partial charge in [0.2, 0.25) is 0 Å². The van der Waals surface area contributed by atoms with Crippen molar-refractivity contribution in [3.63, 3.8) is 0 Å². The van der Waals surface area contributed by atoms with Gasteiger partial charge >= 0.3 is 0 Å². The zero-order valence-corrected chi connectivity index (χ0v) is 8.10. The Kier molecular flexibility index (Phi) is 2.87. The second-order valence-electron chi connectivity index (χ2n) is 3.11. The van der Waals surface area contributed by atoms with Crippen LogP contribution in [-0.4, -0.2) is 41.0 Å². The van der Waals surface area contributed by atoms with Crippen LogP contribution in [0.5, 0.6) is 0 Å². The van der Waals surface area contributed by atoms with Gasteiger partial charge in [0.1, 0.15) is 12.1 Å². The molecule has 0 aliphatic carbocycles. The molecule has 0 spiro atoms. The molecule has 6 heteroatoms. The van der Waals surface area contributed by atoms with Crippen LogP contribution in [0.25, 0.3) is 0 Å². The summed E-state index contributed by atoms with van der Waals surface area (Å²) >= 11 is 0. The van der Waals surface area contributed by atoms with E-state index in [9.17, 15) is 4.79 Å². The molecule has 1 aliphatic heterocycles. The molecule has 1 aromatic heterocycles. The van der Waals surface area contributed by atoms with E-state index in [2.05, 4.69) is 25.3 Å². The van der Waals surface area contributed by atoms with E-state index in [0.717, 1.165) is 12.1 Å². The average Bonchev–Trinajstić information content (AvgIpc) is 2.90. The molecule has 15 heavy (non-hydrogen) atoms. The largest absolute Gasteiger partial charge is 0.351 e. The van der Waals surface area contributed by atoms with Crippen molar-refractivity contribution in [1.29, 1.82) is 0 Å². The molecule has 0 aromatic carbocycles. The predicted molar refractivity (Wildman–Crippen MR) is 56.1 cm³/mol. The molecule has 0 atom stereocenters. The molecule has 2 rings (SSSR count). The van der Waals surface area contributed by atoms with Crippen molar-refractivity contribution >= 4 is 18.0 Å². The quantitative estimate of drug-likeness (QED) is 0.698.